The molecule has 0 amide bonds. The normalized spacial score (nSPS) is 10.1. The van der Waals surface area contributed by atoms with Gasteiger partial charge in [-0.05, 0) is 41.5 Å². The number of Topliss-reactive ketones (excluding diaryl/α,β-unsaturated/α-hetero) is 1. The summed E-state index contributed by atoms with van der Waals surface area (Å²) in [5.41, 5.74) is 1.63. The lowest BCUT2D eigenvalue weighted by Crippen LogP contribution is -2.19. The number of ether oxygens (including phenoxy) is 1. The molecule has 1 aromatic rings. The standard InChI is InChI=1S/C11H14BrNO2/c1-7-4-5-9(15-3)10(11(7)12)8(14)6-13-2/h4-5,13H,6H2,1-3H3. The molecule has 0 aliphatic carbocycles. The first-order valence-electron chi connectivity index (χ1n) is 4.62. The summed E-state index contributed by atoms with van der Waals surface area (Å²) in [7, 11) is 3.31. The van der Waals surface area contributed by atoms with Crippen LogP contribution in [0, 0.1) is 6.92 Å². The third kappa shape index (κ3) is 2.58. The van der Waals surface area contributed by atoms with E-state index in [9.17, 15) is 4.79 Å². The molecule has 0 heterocycles. The first kappa shape index (κ1) is 12.2. The number of hydrogen-bond acceptors (Lipinski definition) is 3. The van der Waals surface area contributed by atoms with Crippen LogP contribution in [0.1, 0.15) is 15.9 Å². The molecule has 0 unspecified atom stereocenters. The molecule has 0 aromatic heterocycles. The summed E-state index contributed by atoms with van der Waals surface area (Å²) >= 11 is 3.41. The fourth-order valence-corrected chi connectivity index (χ4v) is 1.89. The summed E-state index contributed by atoms with van der Waals surface area (Å²) in [6, 6.07) is 3.72. The summed E-state index contributed by atoms with van der Waals surface area (Å²) in [5.74, 6) is 0.623. The summed E-state index contributed by atoms with van der Waals surface area (Å²) < 4.78 is 5.98. The van der Waals surface area contributed by atoms with Gasteiger partial charge >= 0.3 is 0 Å². The largest absolute Gasteiger partial charge is 0.496 e. The SMILES string of the molecule is CNCC(=O)c1c(OC)ccc(C)c1Br. The molecule has 0 aliphatic rings. The molecule has 15 heavy (non-hydrogen) atoms. The first-order chi connectivity index (χ1) is 7.11. The van der Waals surface area contributed by atoms with Crippen LogP contribution in [0.15, 0.2) is 16.6 Å². The second-order valence-corrected chi connectivity index (χ2v) is 4.02. The molecule has 0 fully saturated rings. The van der Waals surface area contributed by atoms with Crippen LogP contribution in [0.4, 0.5) is 0 Å². The quantitative estimate of drug-likeness (QED) is 0.854. The van der Waals surface area contributed by atoms with Gasteiger partial charge in [0.15, 0.2) is 5.78 Å². The van der Waals surface area contributed by atoms with E-state index >= 15 is 0 Å². The van der Waals surface area contributed by atoms with Gasteiger partial charge in [0, 0.05) is 4.47 Å². The molecular formula is C11H14BrNO2. The van der Waals surface area contributed by atoms with Crippen molar-refractivity contribution in [3.05, 3.63) is 27.7 Å². The Morgan fingerprint density at radius 1 is 1.53 bits per heavy atom. The van der Waals surface area contributed by atoms with E-state index in [2.05, 4.69) is 21.2 Å². The average Bonchev–Trinajstić information content (AvgIpc) is 2.22. The van der Waals surface area contributed by atoms with Gasteiger partial charge in [-0.3, -0.25) is 4.79 Å². The maximum Gasteiger partial charge on any atom is 0.181 e. The molecule has 0 saturated heterocycles. The molecule has 82 valence electrons. The number of ketones is 1. The highest BCUT2D eigenvalue weighted by atomic mass is 79.9. The van der Waals surface area contributed by atoms with Crippen LogP contribution in [-0.2, 0) is 0 Å². The van der Waals surface area contributed by atoms with Gasteiger partial charge in [0.25, 0.3) is 0 Å². The van der Waals surface area contributed by atoms with Gasteiger partial charge in [-0.1, -0.05) is 6.07 Å². The van der Waals surface area contributed by atoms with Gasteiger partial charge in [-0.2, -0.15) is 0 Å². The van der Waals surface area contributed by atoms with Crippen LogP contribution in [0.5, 0.6) is 5.75 Å². The van der Waals surface area contributed by atoms with Crippen LogP contribution < -0.4 is 10.1 Å². The Hall–Kier alpha value is -0.870. The zero-order chi connectivity index (χ0) is 11.4. The molecule has 1 aromatic carbocycles. The van der Waals surface area contributed by atoms with Crippen molar-refractivity contribution in [3.8, 4) is 5.75 Å². The van der Waals surface area contributed by atoms with Crippen molar-refractivity contribution in [2.24, 2.45) is 0 Å². The fraction of sp³-hybridized carbons (Fsp3) is 0.364. The predicted molar refractivity (Wildman–Crippen MR) is 63.7 cm³/mol. The highest BCUT2D eigenvalue weighted by Gasteiger charge is 2.16. The average molecular weight is 272 g/mol. The van der Waals surface area contributed by atoms with Crippen molar-refractivity contribution in [3.63, 3.8) is 0 Å². The lowest BCUT2D eigenvalue weighted by Gasteiger charge is -2.11. The van der Waals surface area contributed by atoms with Crippen molar-refractivity contribution in [2.45, 2.75) is 6.92 Å². The Morgan fingerprint density at radius 2 is 2.20 bits per heavy atom. The van der Waals surface area contributed by atoms with Crippen molar-refractivity contribution >= 4 is 21.7 Å². The molecule has 1 rings (SSSR count). The number of likely N-dealkylation sites (N-methyl/N-ethyl adjacent to an activating group) is 1. The highest BCUT2D eigenvalue weighted by Crippen LogP contribution is 2.30. The number of nitrogens with one attached hydrogen (secondary N) is 1. The number of methoxy groups -OCH3 is 1. The third-order valence-corrected chi connectivity index (χ3v) is 3.15. The number of halogens is 1. The number of rotatable bonds is 4. The molecule has 4 heteroatoms. The van der Waals surface area contributed by atoms with E-state index in [1.54, 1.807) is 14.2 Å². The summed E-state index contributed by atoms with van der Waals surface area (Å²) in [5, 5.41) is 2.84. The smallest absolute Gasteiger partial charge is 0.181 e. The number of carbonyl (C=O) groups excluding carboxylic acids is 1. The molecule has 0 aliphatic heterocycles. The van der Waals surface area contributed by atoms with Crippen LogP contribution in [0.2, 0.25) is 0 Å². The zero-order valence-corrected chi connectivity index (χ0v) is 10.6. The van der Waals surface area contributed by atoms with Gasteiger partial charge in [-0.15, -0.1) is 0 Å². The van der Waals surface area contributed by atoms with Crippen molar-refractivity contribution in [1.29, 1.82) is 0 Å². The second kappa shape index (κ2) is 5.28. The maximum absolute atomic E-state index is 11.8. The number of hydrogen-bond donors (Lipinski definition) is 1. The highest BCUT2D eigenvalue weighted by molar-refractivity contribution is 9.10. The minimum atomic E-state index is 0.0184. The van der Waals surface area contributed by atoms with E-state index in [-0.39, 0.29) is 5.78 Å². The lowest BCUT2D eigenvalue weighted by molar-refractivity contribution is 0.0990. The molecule has 0 spiro atoms. The van der Waals surface area contributed by atoms with Gasteiger partial charge in [0.05, 0.1) is 19.2 Å². The van der Waals surface area contributed by atoms with E-state index in [0.29, 0.717) is 17.9 Å². The molecular weight excluding hydrogens is 258 g/mol. The van der Waals surface area contributed by atoms with E-state index < -0.39 is 0 Å². The first-order valence-corrected chi connectivity index (χ1v) is 5.42. The molecule has 3 nitrogen and oxygen atoms in total. The summed E-state index contributed by atoms with van der Waals surface area (Å²) in [6.07, 6.45) is 0. The van der Waals surface area contributed by atoms with Gasteiger partial charge in [0.1, 0.15) is 5.75 Å². The van der Waals surface area contributed by atoms with E-state index in [1.807, 2.05) is 19.1 Å². The number of carbonyl (C=O) groups is 1. The van der Waals surface area contributed by atoms with Gasteiger partial charge in [-0.25, -0.2) is 0 Å². The van der Waals surface area contributed by atoms with Gasteiger partial charge < -0.3 is 10.1 Å². The Labute approximate surface area is 97.9 Å². The Morgan fingerprint density at radius 3 is 2.73 bits per heavy atom. The van der Waals surface area contributed by atoms with Crippen molar-refractivity contribution in [2.75, 3.05) is 20.7 Å². The minimum absolute atomic E-state index is 0.0184. The Bertz CT molecular complexity index is 377. The molecule has 0 saturated carbocycles. The molecule has 0 bridgehead atoms. The summed E-state index contributed by atoms with van der Waals surface area (Å²) in [6.45, 7) is 2.25. The van der Waals surface area contributed by atoms with Crippen LogP contribution >= 0.6 is 15.9 Å². The van der Waals surface area contributed by atoms with Crippen molar-refractivity contribution in [1.82, 2.24) is 5.32 Å². The van der Waals surface area contributed by atoms with Crippen molar-refractivity contribution < 1.29 is 9.53 Å². The fourth-order valence-electron chi connectivity index (χ4n) is 1.34. The zero-order valence-electron chi connectivity index (χ0n) is 9.06. The number of aryl methyl sites for hydroxylation is 1. The predicted octanol–water partition coefficient (Wildman–Crippen LogP) is 2.17. The van der Waals surface area contributed by atoms with Crippen LogP contribution in [0.25, 0.3) is 0 Å². The minimum Gasteiger partial charge on any atom is -0.496 e. The number of benzene rings is 1. The monoisotopic (exact) mass is 271 g/mol. The molecule has 1 N–H and O–H groups in total. The topological polar surface area (TPSA) is 38.3 Å². The third-order valence-electron chi connectivity index (χ3n) is 2.13. The maximum atomic E-state index is 11.8. The Kier molecular flexibility index (Phi) is 4.29. The second-order valence-electron chi connectivity index (χ2n) is 3.23. The Balaban J connectivity index is 3.23. The lowest BCUT2D eigenvalue weighted by atomic mass is 10.1. The van der Waals surface area contributed by atoms with E-state index in [1.165, 1.54) is 0 Å². The molecule has 0 atom stereocenters. The van der Waals surface area contributed by atoms with Crippen LogP contribution in [0.3, 0.4) is 0 Å². The van der Waals surface area contributed by atoms with Gasteiger partial charge in [0.2, 0.25) is 0 Å². The van der Waals surface area contributed by atoms with Crippen LogP contribution in [-0.4, -0.2) is 26.5 Å². The summed E-state index contributed by atoms with van der Waals surface area (Å²) in [4.78, 5) is 11.8. The van der Waals surface area contributed by atoms with E-state index in [0.717, 1.165) is 10.0 Å². The molecule has 0 radical (unpaired) electrons. The van der Waals surface area contributed by atoms with E-state index in [4.69, 9.17) is 4.74 Å².